The number of carbonyl (C=O) groups excluding carboxylic acids is 1. The van der Waals surface area contributed by atoms with Crippen LogP contribution in [0.2, 0.25) is 0 Å². The molecule has 0 spiro atoms. The summed E-state index contributed by atoms with van der Waals surface area (Å²) in [6.45, 7) is -0.780. The Balaban J connectivity index is 0. The maximum absolute atomic E-state index is 11.5. The van der Waals surface area contributed by atoms with Gasteiger partial charge in [-0.2, -0.15) is 8.42 Å². The van der Waals surface area contributed by atoms with Crippen molar-refractivity contribution in [3.05, 3.63) is 29.3 Å². The topological polar surface area (TPSA) is 158 Å². The van der Waals surface area contributed by atoms with Crippen LogP contribution in [0, 0.1) is 0 Å². The molecule has 11 heteroatoms. The monoisotopic (exact) mass is 330 g/mol. The summed E-state index contributed by atoms with van der Waals surface area (Å²) >= 11 is 0. The Bertz CT molecular complexity index is 644. The van der Waals surface area contributed by atoms with Crippen molar-refractivity contribution in [1.29, 1.82) is 0 Å². The molecule has 4 N–H and O–H groups in total. The summed E-state index contributed by atoms with van der Waals surface area (Å²) in [6, 6.07) is 2.19. The first-order valence-electron chi connectivity index (χ1n) is 5.00. The second-order valence-electron chi connectivity index (χ2n) is 3.61. The van der Waals surface area contributed by atoms with E-state index in [2.05, 4.69) is 4.74 Å². The first-order chi connectivity index (χ1) is 9.11. The van der Waals surface area contributed by atoms with Gasteiger partial charge in [-0.25, -0.2) is 9.59 Å². The second-order valence-corrected chi connectivity index (χ2v) is 5.03. The van der Waals surface area contributed by atoms with Gasteiger partial charge in [0.2, 0.25) is 0 Å². The van der Waals surface area contributed by atoms with Crippen LogP contribution in [0.5, 0.6) is 0 Å². The average Bonchev–Trinajstić information content (AvgIpc) is 2.34. The van der Waals surface area contributed by atoms with Crippen molar-refractivity contribution in [2.45, 2.75) is 11.2 Å². The molecule has 0 heterocycles. The minimum absolute atomic E-state index is 0. The molecule has 21 heavy (non-hydrogen) atoms. The van der Waals surface area contributed by atoms with E-state index in [0.717, 1.165) is 6.07 Å². The minimum Gasteiger partial charge on any atom is -1.00 e. The van der Waals surface area contributed by atoms with Gasteiger partial charge in [-0.3, -0.25) is 4.55 Å². The zero-order valence-corrected chi connectivity index (χ0v) is 13.6. The van der Waals surface area contributed by atoms with Crippen molar-refractivity contribution < 1.29 is 73.6 Å². The van der Waals surface area contributed by atoms with Crippen LogP contribution in [0.3, 0.4) is 0 Å². The van der Waals surface area contributed by atoms with Crippen LogP contribution >= 0.6 is 0 Å². The Morgan fingerprint density at radius 1 is 1.19 bits per heavy atom. The number of ether oxygens (including phenoxy) is 1. The number of hydrogen-bond acceptors (Lipinski definition) is 7. The van der Waals surface area contributed by atoms with Crippen LogP contribution in [-0.2, 0) is 14.9 Å². The van der Waals surface area contributed by atoms with Gasteiger partial charge in [-0.15, -0.1) is 0 Å². The molecular weight excluding hydrogens is 319 g/mol. The molecule has 9 nitrogen and oxygen atoms in total. The molecular formula is C10H11NaO9S. The van der Waals surface area contributed by atoms with Crippen LogP contribution < -0.4 is 29.6 Å². The molecule has 0 aliphatic heterocycles. The van der Waals surface area contributed by atoms with E-state index in [4.69, 9.17) is 19.9 Å². The van der Waals surface area contributed by atoms with Crippen molar-refractivity contribution in [3.63, 3.8) is 0 Å². The predicted molar refractivity (Wildman–Crippen MR) is 62.8 cm³/mol. The SMILES string of the molecule is O=C(O)c1cc(C(=O)OCC(O)O)cc(S(=O)(=O)O)c1.[H-].[Na+]. The van der Waals surface area contributed by atoms with Crippen LogP contribution in [0.1, 0.15) is 22.1 Å². The molecule has 0 aliphatic carbocycles. The van der Waals surface area contributed by atoms with E-state index in [0.29, 0.717) is 12.1 Å². The van der Waals surface area contributed by atoms with Crippen molar-refractivity contribution in [2.75, 3.05) is 6.61 Å². The molecule has 0 radical (unpaired) electrons. The summed E-state index contributed by atoms with van der Waals surface area (Å²) in [5, 5.41) is 25.8. The first-order valence-corrected chi connectivity index (χ1v) is 6.44. The van der Waals surface area contributed by atoms with Crippen LogP contribution in [0.4, 0.5) is 0 Å². The van der Waals surface area contributed by atoms with E-state index in [-0.39, 0.29) is 31.0 Å². The van der Waals surface area contributed by atoms with E-state index >= 15 is 0 Å². The van der Waals surface area contributed by atoms with E-state index in [1.165, 1.54) is 0 Å². The van der Waals surface area contributed by atoms with Crippen LogP contribution in [-0.4, -0.2) is 53.1 Å². The quantitative estimate of drug-likeness (QED) is 0.184. The smallest absolute Gasteiger partial charge is 1.00 e. The Labute approximate surface area is 142 Å². The van der Waals surface area contributed by atoms with Gasteiger partial charge in [0.25, 0.3) is 10.1 Å². The summed E-state index contributed by atoms with van der Waals surface area (Å²) < 4.78 is 35.2. The molecule has 0 saturated carbocycles. The van der Waals surface area contributed by atoms with E-state index in [1.54, 1.807) is 0 Å². The molecule has 0 aromatic heterocycles. The number of aromatic carboxylic acids is 1. The molecule has 0 unspecified atom stereocenters. The molecule has 0 atom stereocenters. The number of carboxylic acids is 1. The number of benzene rings is 1. The fourth-order valence-corrected chi connectivity index (χ4v) is 1.77. The molecule has 0 saturated heterocycles. The third kappa shape index (κ3) is 6.09. The number of aliphatic hydroxyl groups is 2. The standard InChI is InChI=1S/C10H10O9S.Na.H/c11-8(12)4-19-10(15)6-1-5(9(13)14)2-7(3-6)20(16,17)18;;/h1-3,8,11-12H,4H2,(H,13,14)(H,16,17,18);;/q;+1;-1. The van der Waals surface area contributed by atoms with Crippen molar-refractivity contribution in [2.24, 2.45) is 0 Å². The van der Waals surface area contributed by atoms with Gasteiger partial charge in [0.05, 0.1) is 16.0 Å². The van der Waals surface area contributed by atoms with Gasteiger partial charge in [-0.1, -0.05) is 0 Å². The summed E-state index contributed by atoms with van der Waals surface area (Å²) in [4.78, 5) is 21.5. The Morgan fingerprint density at radius 2 is 1.71 bits per heavy atom. The molecule has 1 aromatic carbocycles. The van der Waals surface area contributed by atoms with Crippen molar-refractivity contribution >= 4 is 22.1 Å². The number of esters is 1. The molecule has 1 rings (SSSR count). The maximum atomic E-state index is 11.5. The second kappa shape index (κ2) is 7.84. The number of carboxylic acid groups (broad SMARTS) is 1. The third-order valence-corrected chi connectivity index (χ3v) is 2.88. The van der Waals surface area contributed by atoms with Gasteiger partial charge in [0.15, 0.2) is 6.29 Å². The molecule has 112 valence electrons. The first kappa shape index (κ1) is 20.0. The number of aliphatic hydroxyl groups excluding tert-OH is 1. The van der Waals surface area contributed by atoms with Crippen molar-refractivity contribution in [3.8, 4) is 0 Å². The number of carbonyl (C=O) groups is 2. The van der Waals surface area contributed by atoms with Gasteiger partial charge in [0, 0.05) is 0 Å². The zero-order chi connectivity index (χ0) is 15.5. The zero-order valence-electron chi connectivity index (χ0n) is 11.8. The molecule has 0 amide bonds. The maximum Gasteiger partial charge on any atom is 1.00 e. The summed E-state index contributed by atoms with van der Waals surface area (Å²) in [5.41, 5.74) is -1.03. The van der Waals surface area contributed by atoms with Crippen LogP contribution in [0.25, 0.3) is 0 Å². The Kier molecular flexibility index (Phi) is 7.47. The number of hydrogen-bond donors (Lipinski definition) is 4. The Hall–Kier alpha value is -1.01. The largest absolute Gasteiger partial charge is 1.00 e. The van der Waals surface area contributed by atoms with E-state index < -0.39 is 51.0 Å². The number of rotatable bonds is 5. The molecule has 0 aliphatic rings. The van der Waals surface area contributed by atoms with Crippen molar-refractivity contribution in [1.82, 2.24) is 0 Å². The van der Waals surface area contributed by atoms with Gasteiger partial charge in [-0.05, 0) is 18.2 Å². The average molecular weight is 330 g/mol. The summed E-state index contributed by atoms with van der Waals surface area (Å²) in [6.07, 6.45) is -1.93. The molecule has 0 fully saturated rings. The summed E-state index contributed by atoms with van der Waals surface area (Å²) in [5.74, 6) is -2.70. The summed E-state index contributed by atoms with van der Waals surface area (Å²) in [7, 11) is -4.72. The van der Waals surface area contributed by atoms with E-state index in [9.17, 15) is 18.0 Å². The van der Waals surface area contributed by atoms with Gasteiger partial charge in [0.1, 0.15) is 6.61 Å². The molecule has 0 bridgehead atoms. The normalized spacial score (nSPS) is 10.9. The fraction of sp³-hybridized carbons (Fsp3) is 0.200. The fourth-order valence-electron chi connectivity index (χ4n) is 1.22. The third-order valence-electron chi connectivity index (χ3n) is 2.05. The molecule has 1 aromatic rings. The van der Waals surface area contributed by atoms with E-state index in [1.807, 2.05) is 0 Å². The minimum atomic E-state index is -4.72. The van der Waals surface area contributed by atoms with Gasteiger partial charge >= 0.3 is 41.5 Å². The van der Waals surface area contributed by atoms with Crippen LogP contribution in [0.15, 0.2) is 23.1 Å². The van der Waals surface area contributed by atoms with Gasteiger partial charge < -0.3 is 21.5 Å². The predicted octanol–water partition coefficient (Wildman–Crippen LogP) is -3.78. The Morgan fingerprint density at radius 3 is 2.14 bits per heavy atom.